The van der Waals surface area contributed by atoms with E-state index in [1.165, 1.54) is 5.56 Å². The fourth-order valence-corrected chi connectivity index (χ4v) is 3.71. The van der Waals surface area contributed by atoms with Crippen molar-refractivity contribution in [3.8, 4) is 0 Å². The number of carbonyl (C=O) groups is 2. The van der Waals surface area contributed by atoms with Crippen LogP contribution in [0, 0.1) is 5.92 Å². The summed E-state index contributed by atoms with van der Waals surface area (Å²) in [5, 5.41) is 3.16. The van der Waals surface area contributed by atoms with Crippen LogP contribution in [0.3, 0.4) is 0 Å². The summed E-state index contributed by atoms with van der Waals surface area (Å²) in [5.41, 5.74) is 1.72. The Labute approximate surface area is 189 Å². The molecule has 0 aromatic heterocycles. The summed E-state index contributed by atoms with van der Waals surface area (Å²) in [6, 6.07) is 8.01. The van der Waals surface area contributed by atoms with Gasteiger partial charge in [-0.15, -0.1) is 24.0 Å². The van der Waals surface area contributed by atoms with E-state index in [2.05, 4.69) is 16.4 Å². The highest BCUT2D eigenvalue weighted by atomic mass is 127. The van der Waals surface area contributed by atoms with Crippen molar-refractivity contribution in [1.29, 1.82) is 0 Å². The summed E-state index contributed by atoms with van der Waals surface area (Å²) in [6.45, 7) is 7.78. The summed E-state index contributed by atoms with van der Waals surface area (Å²) < 4.78 is 5.50. The van der Waals surface area contributed by atoms with Crippen LogP contribution in [0.25, 0.3) is 0 Å². The largest absolute Gasteiger partial charge is 0.460 e. The van der Waals surface area contributed by atoms with E-state index in [0.717, 1.165) is 18.5 Å². The standard InChI is InChI=1S/C21H30N4O3.HI/c1-21(2,3)28-19(27)16-9-11-24(14-16)20(22-4)23-13-18(26)25-12-10-15-7-5-6-8-17(15)25;/h5-8,16H,9-14H2,1-4H3,(H,22,23);1H. The van der Waals surface area contributed by atoms with E-state index < -0.39 is 5.60 Å². The first kappa shape index (κ1) is 23.4. The number of likely N-dealkylation sites (tertiary alicyclic amines) is 1. The molecule has 0 aliphatic carbocycles. The van der Waals surface area contributed by atoms with Crippen LogP contribution in [0.5, 0.6) is 0 Å². The molecular formula is C21H31IN4O3. The van der Waals surface area contributed by atoms with E-state index in [-0.39, 0.29) is 48.3 Å². The fourth-order valence-electron chi connectivity index (χ4n) is 3.71. The molecular weight excluding hydrogens is 483 g/mol. The van der Waals surface area contributed by atoms with Crippen LogP contribution in [0.1, 0.15) is 32.8 Å². The molecule has 1 amide bonds. The van der Waals surface area contributed by atoms with Gasteiger partial charge in [0.05, 0.1) is 12.5 Å². The van der Waals surface area contributed by atoms with Crippen molar-refractivity contribution in [3.05, 3.63) is 29.8 Å². The number of ether oxygens (including phenoxy) is 1. The Morgan fingerprint density at radius 1 is 1.24 bits per heavy atom. The molecule has 1 unspecified atom stereocenters. The van der Waals surface area contributed by atoms with Gasteiger partial charge >= 0.3 is 5.97 Å². The number of aliphatic imine (C=N–C) groups is 1. The second kappa shape index (κ2) is 9.77. The van der Waals surface area contributed by atoms with E-state index in [1.807, 2.05) is 48.8 Å². The van der Waals surface area contributed by atoms with Gasteiger partial charge in [-0.2, -0.15) is 0 Å². The molecule has 1 fully saturated rings. The van der Waals surface area contributed by atoms with Gasteiger partial charge in [0.15, 0.2) is 5.96 Å². The van der Waals surface area contributed by atoms with Gasteiger partial charge in [0.25, 0.3) is 0 Å². The summed E-state index contributed by atoms with van der Waals surface area (Å²) in [4.78, 5) is 33.1. The van der Waals surface area contributed by atoms with Gasteiger partial charge in [0, 0.05) is 32.4 Å². The first-order chi connectivity index (χ1) is 13.3. The molecule has 0 saturated carbocycles. The number of hydrogen-bond acceptors (Lipinski definition) is 4. The number of rotatable bonds is 3. The zero-order chi connectivity index (χ0) is 20.3. The number of nitrogens with zero attached hydrogens (tertiary/aromatic N) is 3. The summed E-state index contributed by atoms with van der Waals surface area (Å²) in [7, 11) is 1.69. The SMILES string of the molecule is CN=C(NCC(=O)N1CCc2ccccc21)N1CCC(C(=O)OC(C)(C)C)C1.I. The number of carbonyl (C=O) groups excluding carboxylic acids is 2. The lowest BCUT2D eigenvalue weighted by atomic mass is 10.1. The molecule has 29 heavy (non-hydrogen) atoms. The van der Waals surface area contributed by atoms with Gasteiger partial charge in [0.2, 0.25) is 5.91 Å². The van der Waals surface area contributed by atoms with Crippen molar-refractivity contribution < 1.29 is 14.3 Å². The average molecular weight is 514 g/mol. The number of fused-ring (bicyclic) bond motifs is 1. The third kappa shape index (κ3) is 5.83. The van der Waals surface area contributed by atoms with E-state index in [4.69, 9.17) is 4.74 Å². The molecule has 1 atom stereocenters. The predicted molar refractivity (Wildman–Crippen MR) is 125 cm³/mol. The molecule has 0 radical (unpaired) electrons. The van der Waals surface area contributed by atoms with Crippen molar-refractivity contribution in [2.75, 3.05) is 38.1 Å². The topological polar surface area (TPSA) is 74.2 Å². The minimum atomic E-state index is -0.483. The monoisotopic (exact) mass is 514 g/mol. The fraction of sp³-hybridized carbons (Fsp3) is 0.571. The van der Waals surface area contributed by atoms with Crippen molar-refractivity contribution in [2.45, 2.75) is 39.2 Å². The molecule has 0 bridgehead atoms. The molecule has 3 rings (SSSR count). The van der Waals surface area contributed by atoms with Gasteiger partial charge < -0.3 is 19.9 Å². The number of nitrogens with one attached hydrogen (secondary N) is 1. The van der Waals surface area contributed by atoms with Crippen LogP contribution in [-0.4, -0.2) is 61.6 Å². The lowest BCUT2D eigenvalue weighted by molar-refractivity contribution is -0.159. The number of anilines is 1. The van der Waals surface area contributed by atoms with Crippen molar-refractivity contribution in [1.82, 2.24) is 10.2 Å². The lowest BCUT2D eigenvalue weighted by Crippen LogP contribution is -2.46. The van der Waals surface area contributed by atoms with Gasteiger partial charge in [0.1, 0.15) is 5.60 Å². The van der Waals surface area contributed by atoms with Gasteiger partial charge in [-0.3, -0.25) is 14.6 Å². The van der Waals surface area contributed by atoms with Crippen LogP contribution >= 0.6 is 24.0 Å². The molecule has 2 heterocycles. The van der Waals surface area contributed by atoms with Crippen molar-refractivity contribution in [3.63, 3.8) is 0 Å². The normalized spacial score (nSPS) is 18.9. The van der Waals surface area contributed by atoms with E-state index in [1.54, 1.807) is 7.05 Å². The summed E-state index contributed by atoms with van der Waals surface area (Å²) in [6.07, 6.45) is 1.61. The van der Waals surface area contributed by atoms with Crippen LogP contribution in [-0.2, 0) is 20.7 Å². The Bertz CT molecular complexity index is 775. The van der Waals surface area contributed by atoms with Gasteiger partial charge in [-0.25, -0.2) is 0 Å². The highest BCUT2D eigenvalue weighted by molar-refractivity contribution is 14.0. The first-order valence-corrected chi connectivity index (χ1v) is 9.85. The van der Waals surface area contributed by atoms with Crippen LogP contribution in [0.15, 0.2) is 29.3 Å². The van der Waals surface area contributed by atoms with Crippen LogP contribution < -0.4 is 10.2 Å². The number of guanidine groups is 1. The Balaban J connectivity index is 0.00000300. The predicted octanol–water partition coefficient (Wildman–Crippen LogP) is 2.43. The Kier molecular flexibility index (Phi) is 7.90. The quantitative estimate of drug-likeness (QED) is 0.291. The first-order valence-electron chi connectivity index (χ1n) is 9.85. The summed E-state index contributed by atoms with van der Waals surface area (Å²) in [5.74, 6) is 0.329. The maximum atomic E-state index is 12.7. The number of halogens is 1. The smallest absolute Gasteiger partial charge is 0.311 e. The number of para-hydroxylation sites is 1. The molecule has 160 valence electrons. The van der Waals surface area contributed by atoms with E-state index >= 15 is 0 Å². The zero-order valence-electron chi connectivity index (χ0n) is 17.6. The molecule has 1 aromatic carbocycles. The maximum absolute atomic E-state index is 12.7. The summed E-state index contributed by atoms with van der Waals surface area (Å²) >= 11 is 0. The number of amides is 1. The van der Waals surface area contributed by atoms with E-state index in [0.29, 0.717) is 25.6 Å². The minimum Gasteiger partial charge on any atom is -0.460 e. The van der Waals surface area contributed by atoms with E-state index in [9.17, 15) is 9.59 Å². The molecule has 1 N–H and O–H groups in total. The van der Waals surface area contributed by atoms with Gasteiger partial charge in [-0.1, -0.05) is 18.2 Å². The maximum Gasteiger partial charge on any atom is 0.311 e. The number of esters is 1. The Hall–Kier alpha value is -1.84. The highest BCUT2D eigenvalue weighted by Gasteiger charge is 2.33. The Morgan fingerprint density at radius 2 is 1.97 bits per heavy atom. The third-order valence-corrected chi connectivity index (χ3v) is 5.03. The highest BCUT2D eigenvalue weighted by Crippen LogP contribution is 2.27. The van der Waals surface area contributed by atoms with Crippen LogP contribution in [0.2, 0.25) is 0 Å². The minimum absolute atomic E-state index is 0. The van der Waals surface area contributed by atoms with Gasteiger partial charge in [-0.05, 0) is 45.2 Å². The van der Waals surface area contributed by atoms with Crippen molar-refractivity contribution in [2.24, 2.45) is 10.9 Å². The molecule has 1 aromatic rings. The molecule has 0 spiro atoms. The third-order valence-electron chi connectivity index (χ3n) is 5.03. The molecule has 8 heteroatoms. The van der Waals surface area contributed by atoms with Crippen LogP contribution in [0.4, 0.5) is 5.69 Å². The molecule has 2 aliphatic rings. The Morgan fingerprint density at radius 3 is 2.66 bits per heavy atom. The average Bonchev–Trinajstić information content (AvgIpc) is 3.28. The second-order valence-electron chi connectivity index (χ2n) is 8.29. The molecule has 1 saturated heterocycles. The molecule has 7 nitrogen and oxygen atoms in total. The zero-order valence-corrected chi connectivity index (χ0v) is 19.9. The second-order valence-corrected chi connectivity index (χ2v) is 8.29. The number of benzene rings is 1. The molecule has 2 aliphatic heterocycles. The van der Waals surface area contributed by atoms with Crippen molar-refractivity contribution >= 4 is 47.5 Å². The lowest BCUT2D eigenvalue weighted by Gasteiger charge is -2.24. The number of hydrogen-bond donors (Lipinski definition) is 1.